The number of hydrogen-bond donors (Lipinski definition) is 1. The minimum absolute atomic E-state index is 0.216. The third kappa shape index (κ3) is 5.39. The van der Waals surface area contributed by atoms with Crippen molar-refractivity contribution in [2.24, 2.45) is 0 Å². The predicted molar refractivity (Wildman–Crippen MR) is 107 cm³/mol. The number of anilines is 1. The fraction of sp³-hybridized carbons (Fsp3) is 0.381. The molecule has 1 heterocycles. The van der Waals surface area contributed by atoms with Gasteiger partial charge in [0.15, 0.2) is 0 Å². The molecule has 1 N–H and O–H groups in total. The monoisotopic (exact) mass is 404 g/mol. The molecule has 0 bridgehead atoms. The number of carbonyl (C=O) groups is 1. The van der Waals surface area contributed by atoms with Gasteiger partial charge in [0.1, 0.15) is 5.82 Å². The summed E-state index contributed by atoms with van der Waals surface area (Å²) < 4.78 is 40.3. The van der Waals surface area contributed by atoms with Gasteiger partial charge >= 0.3 is 0 Å². The lowest BCUT2D eigenvalue weighted by atomic mass is 10.1. The molecular weight excluding hydrogens is 379 g/mol. The van der Waals surface area contributed by atoms with Crippen LogP contribution in [-0.2, 0) is 21.2 Å². The maximum absolute atomic E-state index is 13.2. The van der Waals surface area contributed by atoms with Crippen LogP contribution in [0.2, 0.25) is 0 Å². The van der Waals surface area contributed by atoms with Crippen LogP contribution >= 0.6 is 0 Å². The van der Waals surface area contributed by atoms with E-state index in [2.05, 4.69) is 5.32 Å². The molecule has 0 aromatic heterocycles. The zero-order valence-electron chi connectivity index (χ0n) is 15.7. The molecule has 1 aliphatic heterocycles. The summed E-state index contributed by atoms with van der Waals surface area (Å²) in [6, 6.07) is 12.5. The quantitative estimate of drug-likeness (QED) is 0.792. The molecule has 7 heteroatoms. The molecule has 0 radical (unpaired) electrons. The van der Waals surface area contributed by atoms with Crippen molar-refractivity contribution < 1.29 is 17.6 Å². The Morgan fingerprint density at radius 1 is 1.00 bits per heavy atom. The van der Waals surface area contributed by atoms with Crippen molar-refractivity contribution in [3.63, 3.8) is 0 Å². The lowest BCUT2D eigenvalue weighted by Crippen LogP contribution is -2.31. The Kier molecular flexibility index (Phi) is 6.80. The third-order valence-electron chi connectivity index (χ3n) is 4.88. The Bertz CT molecular complexity index is 906. The molecule has 5 nitrogen and oxygen atoms in total. The summed E-state index contributed by atoms with van der Waals surface area (Å²) in [5.74, 6) is -0.620. The topological polar surface area (TPSA) is 66.5 Å². The maximum atomic E-state index is 13.2. The second-order valence-corrected chi connectivity index (χ2v) is 8.96. The molecule has 0 saturated carbocycles. The van der Waals surface area contributed by atoms with Crippen molar-refractivity contribution in [3.8, 4) is 0 Å². The number of benzene rings is 2. The molecule has 0 aliphatic carbocycles. The van der Waals surface area contributed by atoms with Crippen LogP contribution in [0.1, 0.15) is 37.7 Å². The highest BCUT2D eigenvalue weighted by atomic mass is 32.2. The first-order valence-corrected chi connectivity index (χ1v) is 11.0. The summed E-state index contributed by atoms with van der Waals surface area (Å²) in [5, 5.41) is 2.66. The van der Waals surface area contributed by atoms with Gasteiger partial charge in [-0.1, -0.05) is 31.0 Å². The first kappa shape index (κ1) is 20.5. The van der Waals surface area contributed by atoms with Crippen LogP contribution in [-0.4, -0.2) is 31.7 Å². The Hall–Kier alpha value is -2.25. The largest absolute Gasteiger partial charge is 0.326 e. The number of nitrogens with zero attached hydrogens (tertiary/aromatic N) is 1. The normalized spacial score (nSPS) is 15.8. The second-order valence-electron chi connectivity index (χ2n) is 7.02. The Morgan fingerprint density at radius 2 is 1.68 bits per heavy atom. The molecule has 150 valence electrons. The van der Waals surface area contributed by atoms with Crippen LogP contribution in [0.3, 0.4) is 0 Å². The molecule has 2 aromatic carbocycles. The van der Waals surface area contributed by atoms with Gasteiger partial charge in [-0.3, -0.25) is 4.79 Å². The van der Waals surface area contributed by atoms with E-state index in [-0.39, 0.29) is 12.3 Å². The minimum atomic E-state index is -3.46. The summed E-state index contributed by atoms with van der Waals surface area (Å²) >= 11 is 0. The van der Waals surface area contributed by atoms with Gasteiger partial charge in [-0.05, 0) is 55.2 Å². The molecule has 0 unspecified atom stereocenters. The number of nitrogens with one attached hydrogen (secondary N) is 1. The van der Waals surface area contributed by atoms with E-state index in [4.69, 9.17) is 0 Å². The molecular formula is C21H25FN2O3S. The molecule has 1 fully saturated rings. The van der Waals surface area contributed by atoms with Crippen molar-refractivity contribution in [2.45, 2.75) is 43.4 Å². The van der Waals surface area contributed by atoms with E-state index in [1.165, 1.54) is 18.2 Å². The van der Waals surface area contributed by atoms with E-state index in [0.29, 0.717) is 30.1 Å². The molecule has 3 rings (SSSR count). The van der Waals surface area contributed by atoms with Gasteiger partial charge in [0.05, 0.1) is 4.90 Å². The predicted octanol–water partition coefficient (Wildman–Crippen LogP) is 3.96. The van der Waals surface area contributed by atoms with Crippen LogP contribution in [0, 0.1) is 5.82 Å². The maximum Gasteiger partial charge on any atom is 0.243 e. The van der Waals surface area contributed by atoms with E-state index >= 15 is 0 Å². The van der Waals surface area contributed by atoms with Crippen molar-refractivity contribution in [2.75, 3.05) is 18.4 Å². The van der Waals surface area contributed by atoms with Crippen molar-refractivity contribution in [1.29, 1.82) is 0 Å². The van der Waals surface area contributed by atoms with Gasteiger partial charge < -0.3 is 5.32 Å². The van der Waals surface area contributed by atoms with E-state index in [1.807, 2.05) is 0 Å². The van der Waals surface area contributed by atoms with E-state index < -0.39 is 15.8 Å². The summed E-state index contributed by atoms with van der Waals surface area (Å²) in [6.45, 7) is 1.15. The zero-order valence-corrected chi connectivity index (χ0v) is 16.6. The van der Waals surface area contributed by atoms with Crippen molar-refractivity contribution in [1.82, 2.24) is 4.31 Å². The molecule has 0 spiro atoms. The lowest BCUT2D eigenvalue weighted by Gasteiger charge is -2.20. The summed E-state index contributed by atoms with van der Waals surface area (Å²) in [6.07, 6.45) is 4.65. The number of rotatable bonds is 6. The van der Waals surface area contributed by atoms with Gasteiger partial charge in [0, 0.05) is 25.2 Å². The highest BCUT2D eigenvalue weighted by Gasteiger charge is 2.24. The van der Waals surface area contributed by atoms with E-state index in [0.717, 1.165) is 31.2 Å². The summed E-state index contributed by atoms with van der Waals surface area (Å²) in [5.41, 5.74) is 1.30. The second kappa shape index (κ2) is 9.30. The Morgan fingerprint density at radius 3 is 2.32 bits per heavy atom. The molecule has 1 saturated heterocycles. The van der Waals surface area contributed by atoms with E-state index in [1.54, 1.807) is 34.6 Å². The van der Waals surface area contributed by atoms with Gasteiger partial charge in [-0.25, -0.2) is 12.8 Å². The van der Waals surface area contributed by atoms with E-state index in [9.17, 15) is 17.6 Å². The Labute approximate surface area is 165 Å². The number of hydrogen-bond acceptors (Lipinski definition) is 3. The number of sulfonamides is 1. The molecule has 1 aliphatic rings. The molecule has 2 aromatic rings. The zero-order chi connectivity index (χ0) is 20.0. The minimum Gasteiger partial charge on any atom is -0.326 e. The number of aryl methyl sites for hydroxylation is 1. The average Bonchev–Trinajstić information content (AvgIpc) is 2.97. The van der Waals surface area contributed by atoms with Gasteiger partial charge in [-0.15, -0.1) is 0 Å². The van der Waals surface area contributed by atoms with Crippen LogP contribution < -0.4 is 5.32 Å². The number of amides is 1. The van der Waals surface area contributed by atoms with Gasteiger partial charge in [0.25, 0.3) is 0 Å². The number of carbonyl (C=O) groups excluding carboxylic acids is 1. The average molecular weight is 405 g/mol. The highest BCUT2D eigenvalue weighted by Crippen LogP contribution is 2.21. The van der Waals surface area contributed by atoms with Crippen LogP contribution in [0.5, 0.6) is 0 Å². The first-order chi connectivity index (χ1) is 13.4. The SMILES string of the molecule is O=C(CCc1ccc(S(=O)(=O)N2CCCCCC2)cc1)Nc1cccc(F)c1. The van der Waals surface area contributed by atoms with Gasteiger partial charge in [-0.2, -0.15) is 4.31 Å². The highest BCUT2D eigenvalue weighted by molar-refractivity contribution is 7.89. The standard InChI is InChI=1S/C21H25FN2O3S/c22-18-6-5-7-19(16-18)23-21(25)13-10-17-8-11-20(12-9-17)28(26,27)24-14-3-1-2-4-15-24/h5-9,11-12,16H,1-4,10,13-15H2,(H,23,25). The van der Waals surface area contributed by atoms with Gasteiger partial charge in [0.2, 0.25) is 15.9 Å². The fourth-order valence-corrected chi connectivity index (χ4v) is 4.82. The summed E-state index contributed by atoms with van der Waals surface area (Å²) in [4.78, 5) is 12.3. The fourth-order valence-electron chi connectivity index (χ4n) is 3.31. The Balaban J connectivity index is 1.57. The third-order valence-corrected chi connectivity index (χ3v) is 6.79. The van der Waals surface area contributed by atoms with Crippen molar-refractivity contribution >= 4 is 21.6 Å². The molecule has 1 amide bonds. The summed E-state index contributed by atoms with van der Waals surface area (Å²) in [7, 11) is -3.46. The van der Waals surface area contributed by atoms with Crippen LogP contribution in [0.4, 0.5) is 10.1 Å². The number of halogens is 1. The van der Waals surface area contributed by atoms with Crippen LogP contribution in [0.25, 0.3) is 0 Å². The smallest absolute Gasteiger partial charge is 0.243 e. The van der Waals surface area contributed by atoms with Crippen molar-refractivity contribution in [3.05, 3.63) is 59.9 Å². The first-order valence-electron chi connectivity index (χ1n) is 9.60. The lowest BCUT2D eigenvalue weighted by molar-refractivity contribution is -0.116. The molecule has 28 heavy (non-hydrogen) atoms. The molecule has 0 atom stereocenters. The van der Waals surface area contributed by atoms with Crippen LogP contribution in [0.15, 0.2) is 53.4 Å².